The van der Waals surface area contributed by atoms with Crippen LogP contribution in [0, 0.1) is 5.92 Å². The molecule has 0 spiro atoms. The quantitative estimate of drug-likeness (QED) is 0.840. The fraction of sp³-hybridized carbons (Fsp3) is 0.700. The number of aliphatic hydroxyl groups excluding tert-OH is 1. The Kier molecular flexibility index (Phi) is 3.30. The summed E-state index contributed by atoms with van der Waals surface area (Å²) in [6, 6.07) is 0. The second-order valence-corrected chi connectivity index (χ2v) is 6.49. The number of nitrogens with zero attached hydrogens (tertiary/aromatic N) is 1. The van der Waals surface area contributed by atoms with Crippen LogP contribution in [-0.2, 0) is 22.9 Å². The summed E-state index contributed by atoms with van der Waals surface area (Å²) in [6.07, 6.45) is 3.46. The minimum atomic E-state index is -2.80. The molecule has 2 heterocycles. The predicted octanol–water partition coefficient (Wildman–Crippen LogP) is 0.534. The monoisotopic (exact) mass is 245 g/mol. The van der Waals surface area contributed by atoms with Gasteiger partial charge in [-0.2, -0.15) is 0 Å². The van der Waals surface area contributed by atoms with E-state index >= 15 is 0 Å². The first kappa shape index (κ1) is 11.6. The average molecular weight is 245 g/mol. The summed E-state index contributed by atoms with van der Waals surface area (Å²) < 4.78 is 27.6. The van der Waals surface area contributed by atoms with Crippen LogP contribution in [0.4, 0.5) is 0 Å². The first-order chi connectivity index (χ1) is 7.59. The number of sulfone groups is 1. The zero-order chi connectivity index (χ0) is 11.6. The summed E-state index contributed by atoms with van der Waals surface area (Å²) >= 11 is 0. The molecule has 0 aromatic carbocycles. The van der Waals surface area contributed by atoms with E-state index in [0.717, 1.165) is 0 Å². The highest BCUT2D eigenvalue weighted by atomic mass is 32.2. The molecule has 0 amide bonds. The number of hydrogen-bond donors (Lipinski definition) is 1. The highest BCUT2D eigenvalue weighted by Crippen LogP contribution is 2.22. The fourth-order valence-corrected chi connectivity index (χ4v) is 3.49. The molecule has 0 radical (unpaired) electrons. The molecular formula is C10H15NO4S. The Bertz CT molecular complexity index is 437. The van der Waals surface area contributed by atoms with Gasteiger partial charge in [0.15, 0.2) is 5.89 Å². The van der Waals surface area contributed by atoms with Crippen LogP contribution >= 0.6 is 0 Å². The van der Waals surface area contributed by atoms with E-state index in [9.17, 15) is 8.42 Å². The molecule has 5 nitrogen and oxygen atoms in total. The molecule has 1 aliphatic rings. The van der Waals surface area contributed by atoms with E-state index in [-0.39, 0.29) is 18.1 Å². The van der Waals surface area contributed by atoms with E-state index in [1.165, 1.54) is 6.26 Å². The van der Waals surface area contributed by atoms with Crippen LogP contribution in [0.2, 0.25) is 0 Å². The standard InChI is InChI=1S/C10H15NO4S/c12-6-9-7-15-10(11-9)5-8-1-3-16(13,14)4-2-8/h7-8,12H,1-6H2. The molecule has 2 rings (SSSR count). The molecule has 0 aliphatic carbocycles. The third kappa shape index (κ3) is 2.82. The molecule has 1 aliphatic heterocycles. The van der Waals surface area contributed by atoms with Gasteiger partial charge in [0.1, 0.15) is 21.8 Å². The summed E-state index contributed by atoms with van der Waals surface area (Å²) in [6.45, 7) is -0.122. The van der Waals surface area contributed by atoms with Gasteiger partial charge in [-0.1, -0.05) is 0 Å². The molecule has 0 bridgehead atoms. The molecule has 0 saturated carbocycles. The Morgan fingerprint density at radius 1 is 1.44 bits per heavy atom. The Balaban J connectivity index is 1.91. The van der Waals surface area contributed by atoms with Crippen molar-refractivity contribution < 1.29 is 17.9 Å². The van der Waals surface area contributed by atoms with E-state index in [2.05, 4.69) is 4.98 Å². The maximum Gasteiger partial charge on any atom is 0.194 e. The van der Waals surface area contributed by atoms with Crippen LogP contribution in [0.25, 0.3) is 0 Å². The van der Waals surface area contributed by atoms with Gasteiger partial charge in [0.2, 0.25) is 0 Å². The number of rotatable bonds is 3. The SMILES string of the molecule is O=S1(=O)CCC(Cc2nc(CO)co2)CC1. The van der Waals surface area contributed by atoms with Crippen molar-refractivity contribution in [3.8, 4) is 0 Å². The van der Waals surface area contributed by atoms with Gasteiger partial charge in [0, 0.05) is 6.42 Å². The second kappa shape index (κ2) is 4.55. The summed E-state index contributed by atoms with van der Waals surface area (Å²) in [5.41, 5.74) is 0.526. The Morgan fingerprint density at radius 3 is 2.69 bits per heavy atom. The number of hydrogen-bond acceptors (Lipinski definition) is 5. The number of aromatic nitrogens is 1. The van der Waals surface area contributed by atoms with E-state index in [1.807, 2.05) is 0 Å². The zero-order valence-corrected chi connectivity index (χ0v) is 9.74. The predicted molar refractivity (Wildman–Crippen MR) is 57.5 cm³/mol. The number of oxazole rings is 1. The zero-order valence-electron chi connectivity index (χ0n) is 8.92. The first-order valence-corrected chi connectivity index (χ1v) is 7.16. The summed E-state index contributed by atoms with van der Waals surface area (Å²) in [5, 5.41) is 8.82. The van der Waals surface area contributed by atoms with Gasteiger partial charge < -0.3 is 9.52 Å². The molecule has 90 valence electrons. The molecule has 1 aromatic heterocycles. The van der Waals surface area contributed by atoms with E-state index in [4.69, 9.17) is 9.52 Å². The van der Waals surface area contributed by atoms with Crippen molar-refractivity contribution in [2.24, 2.45) is 5.92 Å². The maximum absolute atomic E-state index is 11.2. The molecule has 1 fully saturated rings. The third-order valence-corrected chi connectivity index (χ3v) is 4.61. The van der Waals surface area contributed by atoms with Crippen molar-refractivity contribution in [1.29, 1.82) is 0 Å². The Morgan fingerprint density at radius 2 is 2.12 bits per heavy atom. The highest BCUT2D eigenvalue weighted by Gasteiger charge is 2.24. The van der Waals surface area contributed by atoms with E-state index in [0.29, 0.717) is 36.8 Å². The van der Waals surface area contributed by atoms with Gasteiger partial charge in [0.05, 0.1) is 18.1 Å². The summed E-state index contributed by atoms with van der Waals surface area (Å²) in [4.78, 5) is 4.09. The minimum Gasteiger partial charge on any atom is -0.449 e. The second-order valence-electron chi connectivity index (χ2n) is 4.19. The molecule has 1 aromatic rings. The van der Waals surface area contributed by atoms with Crippen molar-refractivity contribution in [3.05, 3.63) is 17.8 Å². The maximum atomic E-state index is 11.2. The summed E-state index contributed by atoms with van der Waals surface area (Å²) in [5.74, 6) is 1.46. The lowest BCUT2D eigenvalue weighted by Gasteiger charge is -2.20. The van der Waals surface area contributed by atoms with Crippen LogP contribution in [0.5, 0.6) is 0 Å². The van der Waals surface area contributed by atoms with E-state index in [1.54, 1.807) is 0 Å². The normalized spacial score (nSPS) is 21.1. The van der Waals surface area contributed by atoms with Crippen LogP contribution in [0.15, 0.2) is 10.7 Å². The van der Waals surface area contributed by atoms with Crippen molar-refractivity contribution >= 4 is 9.84 Å². The smallest absolute Gasteiger partial charge is 0.194 e. The van der Waals surface area contributed by atoms with Gasteiger partial charge >= 0.3 is 0 Å². The minimum absolute atomic E-state index is 0.122. The van der Waals surface area contributed by atoms with Gasteiger partial charge in [-0.25, -0.2) is 13.4 Å². The lowest BCUT2D eigenvalue weighted by molar-refractivity contribution is 0.276. The topological polar surface area (TPSA) is 80.4 Å². The molecular weight excluding hydrogens is 230 g/mol. The molecule has 16 heavy (non-hydrogen) atoms. The number of aliphatic hydroxyl groups is 1. The van der Waals surface area contributed by atoms with Crippen molar-refractivity contribution in [3.63, 3.8) is 0 Å². The van der Waals surface area contributed by atoms with Crippen molar-refractivity contribution in [2.45, 2.75) is 25.9 Å². The molecule has 0 unspecified atom stereocenters. The van der Waals surface area contributed by atoms with Gasteiger partial charge in [-0.15, -0.1) is 0 Å². The molecule has 1 saturated heterocycles. The Labute approximate surface area is 94.4 Å². The molecule has 1 N–H and O–H groups in total. The van der Waals surface area contributed by atoms with Gasteiger partial charge in [0.25, 0.3) is 0 Å². The van der Waals surface area contributed by atoms with Crippen LogP contribution in [-0.4, -0.2) is 30.0 Å². The molecule has 6 heteroatoms. The largest absolute Gasteiger partial charge is 0.449 e. The van der Waals surface area contributed by atoms with Crippen LogP contribution in [0.3, 0.4) is 0 Å². The molecule has 0 atom stereocenters. The average Bonchev–Trinajstić information content (AvgIpc) is 2.69. The van der Waals surface area contributed by atoms with Crippen molar-refractivity contribution in [1.82, 2.24) is 4.98 Å². The van der Waals surface area contributed by atoms with E-state index < -0.39 is 9.84 Å². The summed E-state index contributed by atoms with van der Waals surface area (Å²) in [7, 11) is -2.80. The first-order valence-electron chi connectivity index (χ1n) is 5.33. The van der Waals surface area contributed by atoms with Crippen LogP contribution < -0.4 is 0 Å². The van der Waals surface area contributed by atoms with Gasteiger partial charge in [-0.05, 0) is 18.8 Å². The fourth-order valence-electron chi connectivity index (χ4n) is 1.91. The van der Waals surface area contributed by atoms with Crippen LogP contribution in [0.1, 0.15) is 24.4 Å². The van der Waals surface area contributed by atoms with Crippen molar-refractivity contribution in [2.75, 3.05) is 11.5 Å². The third-order valence-electron chi connectivity index (χ3n) is 2.90. The lowest BCUT2D eigenvalue weighted by Crippen LogP contribution is -2.24. The Hall–Kier alpha value is -0.880. The van der Waals surface area contributed by atoms with Gasteiger partial charge in [-0.3, -0.25) is 0 Å². The highest BCUT2D eigenvalue weighted by molar-refractivity contribution is 7.91. The lowest BCUT2D eigenvalue weighted by atomic mass is 9.99.